The maximum Gasteiger partial charge on any atom is 0.254 e. The molecule has 0 fully saturated rings. The van der Waals surface area contributed by atoms with E-state index in [0.717, 1.165) is 19.3 Å². The van der Waals surface area contributed by atoms with Crippen molar-refractivity contribution in [3.63, 3.8) is 0 Å². The van der Waals surface area contributed by atoms with Crippen LogP contribution in [0.2, 0.25) is 0 Å². The molecule has 2 N–H and O–H groups in total. The van der Waals surface area contributed by atoms with E-state index in [0.29, 0.717) is 12.1 Å². The molecule has 0 saturated heterocycles. The van der Waals surface area contributed by atoms with Crippen molar-refractivity contribution in [2.75, 3.05) is 6.54 Å². The molecule has 1 heterocycles. The Morgan fingerprint density at radius 1 is 1.64 bits per heavy atom. The first-order valence-electron chi connectivity index (χ1n) is 4.55. The van der Waals surface area contributed by atoms with Gasteiger partial charge in [-0.05, 0) is 12.8 Å². The molecule has 0 atom stereocenters. The Morgan fingerprint density at radius 2 is 2.50 bits per heavy atom. The lowest BCUT2D eigenvalue weighted by molar-refractivity contribution is 0.0953. The highest BCUT2D eigenvalue weighted by Gasteiger charge is 2.04. The third kappa shape index (κ3) is 3.31. The summed E-state index contributed by atoms with van der Waals surface area (Å²) in [7, 11) is 0. The molecule has 1 amide bonds. The van der Waals surface area contributed by atoms with Gasteiger partial charge in [0.1, 0.15) is 0 Å². The second-order valence-electron chi connectivity index (χ2n) is 2.90. The molecule has 0 spiro atoms. The lowest BCUT2D eigenvalue weighted by atomic mass is 10.2. The van der Waals surface area contributed by atoms with Crippen molar-refractivity contribution in [3.05, 3.63) is 18.0 Å². The first-order valence-corrected chi connectivity index (χ1v) is 4.55. The van der Waals surface area contributed by atoms with Crippen LogP contribution in [0.4, 0.5) is 0 Å². The highest BCUT2D eigenvalue weighted by molar-refractivity contribution is 5.93. The van der Waals surface area contributed by atoms with Gasteiger partial charge in [0.25, 0.3) is 5.91 Å². The van der Waals surface area contributed by atoms with Gasteiger partial charge in [-0.1, -0.05) is 0 Å². The zero-order valence-corrected chi connectivity index (χ0v) is 7.92. The van der Waals surface area contributed by atoms with Crippen molar-refractivity contribution < 1.29 is 4.79 Å². The minimum Gasteiger partial charge on any atom is -0.352 e. The number of H-pyrrole nitrogens is 1. The van der Waals surface area contributed by atoms with Gasteiger partial charge in [0.05, 0.1) is 11.8 Å². The summed E-state index contributed by atoms with van der Waals surface area (Å²) in [5, 5.41) is 9.05. The van der Waals surface area contributed by atoms with Gasteiger partial charge in [0, 0.05) is 19.2 Å². The van der Waals surface area contributed by atoms with Crippen molar-refractivity contribution in [2.45, 2.75) is 19.3 Å². The zero-order valence-electron chi connectivity index (χ0n) is 7.92. The number of aromatic amines is 1. The van der Waals surface area contributed by atoms with E-state index in [1.54, 1.807) is 6.20 Å². The van der Waals surface area contributed by atoms with E-state index >= 15 is 0 Å². The molecule has 4 heteroatoms. The molecule has 14 heavy (non-hydrogen) atoms. The summed E-state index contributed by atoms with van der Waals surface area (Å²) in [6, 6.07) is 0. The Balaban J connectivity index is 2.14. The van der Waals surface area contributed by atoms with Gasteiger partial charge in [-0.15, -0.1) is 12.3 Å². The number of nitrogens with one attached hydrogen (secondary N) is 2. The molecule has 74 valence electrons. The van der Waals surface area contributed by atoms with Crippen LogP contribution in [-0.2, 0) is 0 Å². The Labute approximate surface area is 83.1 Å². The van der Waals surface area contributed by atoms with E-state index < -0.39 is 0 Å². The maximum atomic E-state index is 11.3. The van der Waals surface area contributed by atoms with Crippen molar-refractivity contribution in [2.24, 2.45) is 0 Å². The molecule has 0 aliphatic carbocycles. The smallest absolute Gasteiger partial charge is 0.254 e. The quantitative estimate of drug-likeness (QED) is 0.537. The van der Waals surface area contributed by atoms with E-state index in [1.807, 2.05) is 0 Å². The number of carbonyl (C=O) groups is 1. The Morgan fingerprint density at radius 3 is 3.14 bits per heavy atom. The van der Waals surface area contributed by atoms with E-state index in [1.165, 1.54) is 6.20 Å². The molecular weight excluding hydrogens is 178 g/mol. The van der Waals surface area contributed by atoms with Crippen LogP contribution in [-0.4, -0.2) is 22.6 Å². The summed E-state index contributed by atoms with van der Waals surface area (Å²) in [6.45, 7) is 0.658. The lowest BCUT2D eigenvalue weighted by Gasteiger charge is -2.01. The minimum absolute atomic E-state index is 0.0977. The van der Waals surface area contributed by atoms with Crippen LogP contribution < -0.4 is 5.32 Å². The Kier molecular flexibility index (Phi) is 4.29. The summed E-state index contributed by atoms with van der Waals surface area (Å²) in [5.74, 6) is 2.46. The van der Waals surface area contributed by atoms with E-state index in [9.17, 15) is 4.79 Å². The van der Waals surface area contributed by atoms with Crippen LogP contribution in [0.25, 0.3) is 0 Å². The van der Waals surface area contributed by atoms with Crippen molar-refractivity contribution in [3.8, 4) is 12.3 Å². The fourth-order valence-corrected chi connectivity index (χ4v) is 1.03. The van der Waals surface area contributed by atoms with Crippen LogP contribution in [0.1, 0.15) is 29.6 Å². The Hall–Kier alpha value is -1.76. The van der Waals surface area contributed by atoms with Gasteiger partial charge in [0.15, 0.2) is 0 Å². The first kappa shape index (κ1) is 10.3. The summed E-state index contributed by atoms with van der Waals surface area (Å²) >= 11 is 0. The van der Waals surface area contributed by atoms with Crippen molar-refractivity contribution in [1.82, 2.24) is 15.5 Å². The van der Waals surface area contributed by atoms with E-state index in [2.05, 4.69) is 21.4 Å². The number of unbranched alkanes of at least 4 members (excludes halogenated alkanes) is 2. The molecule has 1 aromatic rings. The number of hydrogen-bond acceptors (Lipinski definition) is 2. The first-order chi connectivity index (χ1) is 6.84. The zero-order chi connectivity index (χ0) is 10.2. The molecule has 1 rings (SSSR count). The highest BCUT2D eigenvalue weighted by atomic mass is 16.1. The third-order valence-electron chi connectivity index (χ3n) is 1.79. The van der Waals surface area contributed by atoms with Gasteiger partial charge < -0.3 is 5.32 Å². The largest absolute Gasteiger partial charge is 0.352 e. The number of amides is 1. The molecule has 0 unspecified atom stereocenters. The second kappa shape index (κ2) is 5.81. The van der Waals surface area contributed by atoms with E-state index in [4.69, 9.17) is 6.42 Å². The van der Waals surface area contributed by atoms with Crippen LogP contribution in [0, 0.1) is 12.3 Å². The number of carbonyl (C=O) groups excluding carboxylic acids is 1. The average molecular weight is 191 g/mol. The number of rotatable bonds is 5. The monoisotopic (exact) mass is 191 g/mol. The molecule has 0 bridgehead atoms. The number of hydrogen-bond donors (Lipinski definition) is 2. The van der Waals surface area contributed by atoms with Gasteiger partial charge in [-0.3, -0.25) is 9.89 Å². The van der Waals surface area contributed by atoms with Crippen molar-refractivity contribution >= 4 is 5.91 Å². The van der Waals surface area contributed by atoms with Crippen LogP contribution in [0.3, 0.4) is 0 Å². The van der Waals surface area contributed by atoms with Crippen LogP contribution in [0.5, 0.6) is 0 Å². The fourth-order valence-electron chi connectivity index (χ4n) is 1.03. The molecule has 0 saturated carbocycles. The van der Waals surface area contributed by atoms with Gasteiger partial charge >= 0.3 is 0 Å². The maximum absolute atomic E-state index is 11.3. The lowest BCUT2D eigenvalue weighted by Crippen LogP contribution is -2.23. The average Bonchev–Trinajstić information content (AvgIpc) is 2.70. The SMILES string of the molecule is C#CCCCCNC(=O)c1cn[nH]c1. The van der Waals surface area contributed by atoms with E-state index in [-0.39, 0.29) is 5.91 Å². The molecule has 0 aromatic carbocycles. The predicted octanol–water partition coefficient (Wildman–Crippen LogP) is 0.943. The number of aromatic nitrogens is 2. The summed E-state index contributed by atoms with van der Waals surface area (Å²) < 4.78 is 0. The number of terminal acetylenes is 1. The Bertz CT molecular complexity index is 311. The summed E-state index contributed by atoms with van der Waals surface area (Å²) in [6.07, 6.45) is 10.8. The van der Waals surface area contributed by atoms with Gasteiger partial charge in [0.2, 0.25) is 0 Å². The highest BCUT2D eigenvalue weighted by Crippen LogP contribution is 1.95. The summed E-state index contributed by atoms with van der Waals surface area (Å²) in [5.41, 5.74) is 0.557. The second-order valence-corrected chi connectivity index (χ2v) is 2.90. The molecule has 0 aliphatic heterocycles. The predicted molar refractivity (Wildman–Crippen MR) is 53.6 cm³/mol. The molecule has 0 radical (unpaired) electrons. The topological polar surface area (TPSA) is 57.8 Å². The molecule has 4 nitrogen and oxygen atoms in total. The molecule has 0 aliphatic rings. The summed E-state index contributed by atoms with van der Waals surface area (Å²) in [4.78, 5) is 11.3. The van der Waals surface area contributed by atoms with Gasteiger partial charge in [-0.2, -0.15) is 5.10 Å². The van der Waals surface area contributed by atoms with Crippen LogP contribution in [0.15, 0.2) is 12.4 Å². The number of nitrogens with zero attached hydrogens (tertiary/aromatic N) is 1. The standard InChI is InChI=1S/C10H13N3O/c1-2-3-4-5-6-11-10(14)9-7-12-13-8-9/h1,7-8H,3-6H2,(H,11,14)(H,12,13). The third-order valence-corrected chi connectivity index (χ3v) is 1.79. The molecular formula is C10H13N3O. The minimum atomic E-state index is -0.0977. The van der Waals surface area contributed by atoms with Crippen LogP contribution >= 0.6 is 0 Å². The normalized spacial score (nSPS) is 9.36. The van der Waals surface area contributed by atoms with Crippen molar-refractivity contribution in [1.29, 1.82) is 0 Å². The van der Waals surface area contributed by atoms with Gasteiger partial charge in [-0.25, -0.2) is 0 Å². The fraction of sp³-hybridized carbons (Fsp3) is 0.400. The molecule has 1 aromatic heterocycles.